The van der Waals surface area contributed by atoms with E-state index in [1.807, 2.05) is 48.3 Å². The molecule has 0 bridgehead atoms. The van der Waals surface area contributed by atoms with Gasteiger partial charge in [-0.3, -0.25) is 14.4 Å². The number of hydrogen-bond acceptors (Lipinski definition) is 3. The van der Waals surface area contributed by atoms with Crippen molar-refractivity contribution in [3.05, 3.63) is 54.4 Å². The predicted molar refractivity (Wildman–Crippen MR) is 99.0 cm³/mol. The molecule has 5 nitrogen and oxygen atoms in total. The van der Waals surface area contributed by atoms with Crippen LogP contribution in [0.2, 0.25) is 0 Å². The van der Waals surface area contributed by atoms with Gasteiger partial charge in [-0.2, -0.15) is 5.10 Å². The van der Waals surface area contributed by atoms with Gasteiger partial charge in [0.05, 0.1) is 12.6 Å². The van der Waals surface area contributed by atoms with Crippen LogP contribution in [0.3, 0.4) is 0 Å². The van der Waals surface area contributed by atoms with Crippen LogP contribution in [0.15, 0.2) is 48.8 Å². The van der Waals surface area contributed by atoms with Crippen LogP contribution in [-0.4, -0.2) is 40.2 Å². The highest BCUT2D eigenvalue weighted by atomic mass is 16.2. The molecular formula is C20H28N4O. The molecule has 0 saturated carbocycles. The number of benzene rings is 1. The first-order valence-electron chi connectivity index (χ1n) is 9.25. The first-order valence-corrected chi connectivity index (χ1v) is 9.25. The van der Waals surface area contributed by atoms with Crippen molar-refractivity contribution in [1.29, 1.82) is 0 Å². The molecule has 0 spiro atoms. The van der Waals surface area contributed by atoms with Gasteiger partial charge in [-0.1, -0.05) is 30.3 Å². The van der Waals surface area contributed by atoms with Crippen molar-refractivity contribution in [1.82, 2.24) is 20.0 Å². The van der Waals surface area contributed by atoms with Gasteiger partial charge in [0, 0.05) is 18.9 Å². The van der Waals surface area contributed by atoms with Crippen LogP contribution < -0.4 is 5.32 Å². The van der Waals surface area contributed by atoms with E-state index in [4.69, 9.17) is 0 Å². The number of aromatic nitrogens is 2. The quantitative estimate of drug-likeness (QED) is 0.843. The van der Waals surface area contributed by atoms with E-state index >= 15 is 0 Å². The van der Waals surface area contributed by atoms with Gasteiger partial charge in [0.2, 0.25) is 5.91 Å². The Morgan fingerprint density at radius 1 is 1.24 bits per heavy atom. The molecule has 1 aliphatic rings. The number of aryl methyl sites for hydroxylation is 1. The third-order valence-electron chi connectivity index (χ3n) is 5.08. The van der Waals surface area contributed by atoms with Crippen LogP contribution in [-0.2, 0) is 11.3 Å². The molecule has 1 aromatic carbocycles. The Bertz CT molecular complexity index is 633. The second-order valence-corrected chi connectivity index (χ2v) is 6.98. The van der Waals surface area contributed by atoms with Gasteiger partial charge in [-0.05, 0) is 56.8 Å². The highest BCUT2D eigenvalue weighted by Gasteiger charge is 2.21. The maximum Gasteiger partial charge on any atom is 0.234 e. The molecule has 134 valence electrons. The molecule has 1 N–H and O–H groups in total. The minimum atomic E-state index is 0.0558. The zero-order chi connectivity index (χ0) is 17.5. The Morgan fingerprint density at radius 3 is 2.68 bits per heavy atom. The molecule has 1 fully saturated rings. The summed E-state index contributed by atoms with van der Waals surface area (Å²) in [5.74, 6) is 0.859. The molecule has 0 radical (unpaired) electrons. The van der Waals surface area contributed by atoms with Gasteiger partial charge < -0.3 is 5.32 Å². The standard InChI is InChI=1S/C20H28N4O/c1-17(19-6-3-2-4-7-19)22-20(25)16-23-13-8-18(9-14-23)10-15-24-12-5-11-21-24/h2-7,11-12,17-18H,8-10,13-16H2,1H3,(H,22,25)/t17-/m1/s1. The SMILES string of the molecule is C[C@@H](NC(=O)CN1CCC(CCn2cccn2)CC1)c1ccccc1. The third-order valence-corrected chi connectivity index (χ3v) is 5.08. The second kappa shape index (κ2) is 8.81. The van der Waals surface area contributed by atoms with Crippen molar-refractivity contribution in [2.45, 2.75) is 38.8 Å². The average molecular weight is 340 g/mol. The van der Waals surface area contributed by atoms with Crippen LogP contribution in [0.5, 0.6) is 0 Å². The van der Waals surface area contributed by atoms with E-state index in [1.165, 1.54) is 19.3 Å². The van der Waals surface area contributed by atoms with Crippen molar-refractivity contribution in [3.63, 3.8) is 0 Å². The van der Waals surface area contributed by atoms with Gasteiger partial charge in [0.1, 0.15) is 0 Å². The van der Waals surface area contributed by atoms with Crippen molar-refractivity contribution >= 4 is 5.91 Å². The van der Waals surface area contributed by atoms with Crippen LogP contribution in [0, 0.1) is 5.92 Å². The van der Waals surface area contributed by atoms with Crippen LogP contribution in [0.4, 0.5) is 0 Å². The molecule has 25 heavy (non-hydrogen) atoms. The maximum atomic E-state index is 12.3. The number of amides is 1. The zero-order valence-corrected chi connectivity index (χ0v) is 15.0. The van der Waals surface area contributed by atoms with Gasteiger partial charge in [0.15, 0.2) is 0 Å². The molecule has 2 heterocycles. The first kappa shape index (κ1) is 17.7. The van der Waals surface area contributed by atoms with Crippen LogP contribution >= 0.6 is 0 Å². The zero-order valence-electron chi connectivity index (χ0n) is 15.0. The fourth-order valence-corrected chi connectivity index (χ4v) is 3.50. The highest BCUT2D eigenvalue weighted by molar-refractivity contribution is 5.78. The molecule has 1 amide bonds. The molecule has 1 atom stereocenters. The summed E-state index contributed by atoms with van der Waals surface area (Å²) in [6.07, 6.45) is 7.36. The molecule has 2 aromatic rings. The van der Waals surface area contributed by atoms with E-state index in [0.717, 1.165) is 31.1 Å². The normalized spacial score (nSPS) is 17.3. The minimum absolute atomic E-state index is 0.0558. The number of hydrogen-bond donors (Lipinski definition) is 1. The van der Waals surface area contributed by atoms with E-state index in [2.05, 4.69) is 27.4 Å². The van der Waals surface area contributed by atoms with Gasteiger partial charge in [0.25, 0.3) is 0 Å². The number of carbonyl (C=O) groups is 1. The largest absolute Gasteiger partial charge is 0.348 e. The fraction of sp³-hybridized carbons (Fsp3) is 0.500. The average Bonchev–Trinajstić information content (AvgIpc) is 3.15. The molecule has 1 saturated heterocycles. The number of rotatable bonds is 7. The monoisotopic (exact) mass is 340 g/mol. The lowest BCUT2D eigenvalue weighted by molar-refractivity contribution is -0.123. The number of carbonyl (C=O) groups excluding carboxylic acids is 1. The topological polar surface area (TPSA) is 50.2 Å². The van der Waals surface area contributed by atoms with Gasteiger partial charge >= 0.3 is 0 Å². The molecule has 0 unspecified atom stereocenters. The lowest BCUT2D eigenvalue weighted by Crippen LogP contribution is -2.42. The number of nitrogens with one attached hydrogen (secondary N) is 1. The van der Waals surface area contributed by atoms with Gasteiger partial charge in [-0.25, -0.2) is 0 Å². The Balaban J connectivity index is 1.36. The van der Waals surface area contributed by atoms with E-state index < -0.39 is 0 Å². The van der Waals surface area contributed by atoms with Crippen molar-refractivity contribution in [2.24, 2.45) is 5.92 Å². The molecule has 1 aliphatic heterocycles. The number of likely N-dealkylation sites (tertiary alicyclic amines) is 1. The first-order chi connectivity index (χ1) is 12.2. The summed E-state index contributed by atoms with van der Waals surface area (Å²) in [6.45, 7) is 5.55. The van der Waals surface area contributed by atoms with E-state index in [9.17, 15) is 4.79 Å². The Kier molecular flexibility index (Phi) is 6.23. The summed E-state index contributed by atoms with van der Waals surface area (Å²) in [5.41, 5.74) is 1.15. The fourth-order valence-electron chi connectivity index (χ4n) is 3.50. The summed E-state index contributed by atoms with van der Waals surface area (Å²) in [6, 6.07) is 12.1. The molecular weight excluding hydrogens is 312 g/mol. The molecule has 5 heteroatoms. The van der Waals surface area contributed by atoms with Gasteiger partial charge in [-0.15, -0.1) is 0 Å². The Hall–Kier alpha value is -2.14. The molecule has 3 rings (SSSR count). The highest BCUT2D eigenvalue weighted by Crippen LogP contribution is 2.21. The number of piperidine rings is 1. The van der Waals surface area contributed by atoms with E-state index in [1.54, 1.807) is 0 Å². The van der Waals surface area contributed by atoms with Crippen molar-refractivity contribution in [3.8, 4) is 0 Å². The predicted octanol–water partition coefficient (Wildman–Crippen LogP) is 2.86. The second-order valence-electron chi connectivity index (χ2n) is 6.98. The van der Waals surface area contributed by atoms with Crippen molar-refractivity contribution in [2.75, 3.05) is 19.6 Å². The lowest BCUT2D eigenvalue weighted by Gasteiger charge is -2.31. The number of nitrogens with zero attached hydrogens (tertiary/aromatic N) is 3. The van der Waals surface area contributed by atoms with Crippen LogP contribution in [0.25, 0.3) is 0 Å². The summed E-state index contributed by atoms with van der Waals surface area (Å²) in [7, 11) is 0. The lowest BCUT2D eigenvalue weighted by atomic mass is 9.93. The van der Waals surface area contributed by atoms with Crippen molar-refractivity contribution < 1.29 is 4.79 Å². The third kappa shape index (κ3) is 5.43. The minimum Gasteiger partial charge on any atom is -0.348 e. The Labute approximate surface area is 150 Å². The van der Waals surface area contributed by atoms with E-state index in [0.29, 0.717) is 6.54 Å². The molecule has 1 aromatic heterocycles. The molecule has 0 aliphatic carbocycles. The summed E-state index contributed by atoms with van der Waals surface area (Å²) in [4.78, 5) is 14.6. The Morgan fingerprint density at radius 2 is 2.00 bits per heavy atom. The smallest absolute Gasteiger partial charge is 0.234 e. The summed E-state index contributed by atoms with van der Waals surface area (Å²) in [5, 5.41) is 7.37. The van der Waals surface area contributed by atoms with Crippen LogP contribution in [0.1, 0.15) is 37.8 Å². The maximum absolute atomic E-state index is 12.3. The summed E-state index contributed by atoms with van der Waals surface area (Å²) >= 11 is 0. The summed E-state index contributed by atoms with van der Waals surface area (Å²) < 4.78 is 2.00. The van der Waals surface area contributed by atoms with E-state index in [-0.39, 0.29) is 11.9 Å².